The molecule has 4 heteroatoms. The minimum absolute atomic E-state index is 0.00668. The van der Waals surface area contributed by atoms with Crippen LogP contribution in [0.4, 0.5) is 5.69 Å². The van der Waals surface area contributed by atoms with Gasteiger partial charge in [0.25, 0.3) is 0 Å². The highest BCUT2D eigenvalue weighted by Gasteiger charge is 2.28. The molecule has 0 saturated carbocycles. The van der Waals surface area contributed by atoms with Crippen LogP contribution in [0.25, 0.3) is 0 Å². The van der Waals surface area contributed by atoms with Crippen molar-refractivity contribution in [2.75, 3.05) is 25.7 Å². The topological polar surface area (TPSA) is 41.9 Å². The van der Waals surface area contributed by atoms with E-state index in [4.69, 9.17) is 9.47 Å². The van der Waals surface area contributed by atoms with Gasteiger partial charge in [-0.3, -0.25) is 0 Å². The molecule has 0 amide bonds. The van der Waals surface area contributed by atoms with Crippen molar-refractivity contribution < 1.29 is 14.6 Å². The van der Waals surface area contributed by atoms with Crippen LogP contribution in [-0.4, -0.2) is 25.9 Å². The van der Waals surface area contributed by atoms with Gasteiger partial charge in [0.2, 0.25) is 0 Å². The number of ether oxygens (including phenoxy) is 2. The lowest BCUT2D eigenvalue weighted by atomic mass is 9.79. The van der Waals surface area contributed by atoms with Crippen molar-refractivity contribution >= 4 is 5.69 Å². The molecule has 0 aliphatic carbocycles. The molecular formula is C25H35NO3. The maximum absolute atomic E-state index is 11.2. The summed E-state index contributed by atoms with van der Waals surface area (Å²) < 4.78 is 11.0. The lowest BCUT2D eigenvalue weighted by molar-refractivity contribution is 0.353. The number of benzene rings is 2. The van der Waals surface area contributed by atoms with Crippen molar-refractivity contribution in [1.29, 1.82) is 0 Å². The van der Waals surface area contributed by atoms with E-state index in [-0.39, 0.29) is 10.8 Å². The van der Waals surface area contributed by atoms with Crippen molar-refractivity contribution in [1.82, 2.24) is 0 Å². The van der Waals surface area contributed by atoms with Crippen molar-refractivity contribution in [3.8, 4) is 17.2 Å². The Morgan fingerprint density at radius 2 is 1.41 bits per heavy atom. The van der Waals surface area contributed by atoms with E-state index in [1.54, 1.807) is 14.2 Å². The van der Waals surface area contributed by atoms with Crippen LogP contribution in [0, 0.1) is 0 Å². The summed E-state index contributed by atoms with van der Waals surface area (Å²) in [5.41, 5.74) is 5.53. The maximum atomic E-state index is 11.2. The predicted octanol–water partition coefficient (Wildman–Crippen LogP) is 5.57. The number of hydrogen-bond acceptors (Lipinski definition) is 4. The standard InChI is InChI=1S/C25H35NO3/c1-24(2,3)18-13-19(25(4,5)6)23(27)20(14-18)26-10-9-16-11-21(28-7)22(29-8)12-17(16)15-26/h11-14,27H,9-10,15H2,1-8H3. The van der Waals surface area contributed by atoms with Gasteiger partial charge in [0, 0.05) is 18.7 Å². The molecule has 0 aromatic heterocycles. The summed E-state index contributed by atoms with van der Waals surface area (Å²) in [6.45, 7) is 14.7. The molecule has 3 rings (SSSR count). The normalized spacial score (nSPS) is 14.6. The van der Waals surface area contributed by atoms with Crippen molar-refractivity contribution in [3.05, 3.63) is 46.5 Å². The molecule has 0 spiro atoms. The first-order valence-corrected chi connectivity index (χ1v) is 10.3. The Bertz CT molecular complexity index is 904. The second-order valence-corrected chi connectivity index (χ2v) is 10.0. The average molecular weight is 398 g/mol. The summed E-state index contributed by atoms with van der Waals surface area (Å²) in [6, 6.07) is 8.48. The number of nitrogens with zero attached hydrogens (tertiary/aromatic N) is 1. The zero-order valence-electron chi connectivity index (χ0n) is 19.1. The van der Waals surface area contributed by atoms with E-state index in [1.165, 1.54) is 16.7 Å². The number of hydrogen-bond donors (Lipinski definition) is 1. The van der Waals surface area contributed by atoms with Crippen molar-refractivity contribution in [2.24, 2.45) is 0 Å². The molecular weight excluding hydrogens is 362 g/mol. The first-order valence-electron chi connectivity index (χ1n) is 10.3. The number of phenols is 1. The summed E-state index contributed by atoms with van der Waals surface area (Å²) >= 11 is 0. The third kappa shape index (κ3) is 4.17. The van der Waals surface area contributed by atoms with Crippen LogP contribution in [0.15, 0.2) is 24.3 Å². The summed E-state index contributed by atoms with van der Waals surface area (Å²) in [5, 5.41) is 11.2. The lowest BCUT2D eigenvalue weighted by Crippen LogP contribution is -2.31. The molecule has 4 nitrogen and oxygen atoms in total. The highest BCUT2D eigenvalue weighted by Crippen LogP contribution is 2.43. The van der Waals surface area contributed by atoms with Gasteiger partial charge in [0.15, 0.2) is 11.5 Å². The molecule has 0 radical (unpaired) electrons. The van der Waals surface area contributed by atoms with Gasteiger partial charge in [-0.25, -0.2) is 0 Å². The van der Waals surface area contributed by atoms with Crippen LogP contribution in [0.1, 0.15) is 63.8 Å². The third-order valence-electron chi connectivity index (χ3n) is 5.82. The third-order valence-corrected chi connectivity index (χ3v) is 5.82. The number of phenolic OH excluding ortho intramolecular Hbond substituents is 1. The largest absolute Gasteiger partial charge is 0.505 e. The fourth-order valence-corrected chi connectivity index (χ4v) is 3.95. The fraction of sp³-hybridized carbons (Fsp3) is 0.520. The van der Waals surface area contributed by atoms with E-state index < -0.39 is 0 Å². The highest BCUT2D eigenvalue weighted by molar-refractivity contribution is 5.66. The molecule has 158 valence electrons. The average Bonchev–Trinajstić information content (AvgIpc) is 2.64. The lowest BCUT2D eigenvalue weighted by Gasteiger charge is -2.35. The zero-order valence-corrected chi connectivity index (χ0v) is 19.1. The predicted molar refractivity (Wildman–Crippen MR) is 120 cm³/mol. The molecule has 1 aliphatic heterocycles. The van der Waals surface area contributed by atoms with E-state index in [0.717, 1.165) is 42.3 Å². The van der Waals surface area contributed by atoms with Gasteiger partial charge >= 0.3 is 0 Å². The van der Waals surface area contributed by atoms with Gasteiger partial charge in [-0.2, -0.15) is 0 Å². The first kappa shape index (κ1) is 21.4. The Labute approximate surface area is 175 Å². The van der Waals surface area contributed by atoms with Crippen molar-refractivity contribution in [2.45, 2.75) is 65.3 Å². The zero-order chi connectivity index (χ0) is 21.6. The second-order valence-electron chi connectivity index (χ2n) is 10.0. The van der Waals surface area contributed by atoms with E-state index in [0.29, 0.717) is 5.75 Å². The van der Waals surface area contributed by atoms with E-state index >= 15 is 0 Å². The van der Waals surface area contributed by atoms with Crippen LogP contribution in [-0.2, 0) is 23.8 Å². The monoisotopic (exact) mass is 397 g/mol. The number of rotatable bonds is 3. The molecule has 0 unspecified atom stereocenters. The Kier molecular flexibility index (Phi) is 5.50. The molecule has 1 heterocycles. The molecule has 29 heavy (non-hydrogen) atoms. The first-order chi connectivity index (χ1) is 13.5. The molecule has 0 fully saturated rings. The molecule has 2 aromatic rings. The van der Waals surface area contributed by atoms with E-state index in [2.05, 4.69) is 70.7 Å². The van der Waals surface area contributed by atoms with Crippen LogP contribution in [0.2, 0.25) is 0 Å². The summed E-state index contributed by atoms with van der Waals surface area (Å²) in [7, 11) is 3.34. The van der Waals surface area contributed by atoms with Crippen LogP contribution >= 0.6 is 0 Å². The van der Waals surface area contributed by atoms with Crippen LogP contribution in [0.5, 0.6) is 17.2 Å². The smallest absolute Gasteiger partial charge is 0.161 e. The summed E-state index contributed by atoms with van der Waals surface area (Å²) in [6.07, 6.45) is 0.903. The Morgan fingerprint density at radius 3 is 1.93 bits per heavy atom. The van der Waals surface area contributed by atoms with Gasteiger partial charge in [0.1, 0.15) is 5.75 Å². The van der Waals surface area contributed by atoms with Gasteiger partial charge in [-0.15, -0.1) is 0 Å². The van der Waals surface area contributed by atoms with Gasteiger partial charge in [0.05, 0.1) is 19.9 Å². The summed E-state index contributed by atoms with van der Waals surface area (Å²) in [4.78, 5) is 2.29. The minimum atomic E-state index is -0.135. The summed E-state index contributed by atoms with van der Waals surface area (Å²) in [5.74, 6) is 1.91. The number of aromatic hydroxyl groups is 1. The van der Waals surface area contributed by atoms with E-state index in [1.807, 2.05) is 0 Å². The Hall–Kier alpha value is -2.36. The SMILES string of the molecule is COc1cc2c(cc1OC)CN(c1cc(C(C)(C)C)cc(C(C)(C)C)c1O)CC2. The van der Waals surface area contributed by atoms with Crippen LogP contribution in [0.3, 0.4) is 0 Å². The Balaban J connectivity index is 2.08. The molecule has 0 atom stereocenters. The number of anilines is 1. The van der Waals surface area contributed by atoms with Crippen molar-refractivity contribution in [3.63, 3.8) is 0 Å². The molecule has 0 saturated heterocycles. The quantitative estimate of drug-likeness (QED) is 0.735. The number of methoxy groups -OCH3 is 2. The van der Waals surface area contributed by atoms with Gasteiger partial charge in [-0.1, -0.05) is 47.6 Å². The molecule has 1 N–H and O–H groups in total. The Morgan fingerprint density at radius 1 is 0.828 bits per heavy atom. The minimum Gasteiger partial charge on any atom is -0.505 e. The number of fused-ring (bicyclic) bond motifs is 1. The van der Waals surface area contributed by atoms with Gasteiger partial charge in [-0.05, 0) is 52.1 Å². The molecule has 2 aromatic carbocycles. The van der Waals surface area contributed by atoms with Gasteiger partial charge < -0.3 is 19.5 Å². The second kappa shape index (κ2) is 7.47. The van der Waals surface area contributed by atoms with E-state index in [9.17, 15) is 5.11 Å². The maximum Gasteiger partial charge on any atom is 0.161 e. The highest BCUT2D eigenvalue weighted by atomic mass is 16.5. The fourth-order valence-electron chi connectivity index (χ4n) is 3.95. The van der Waals surface area contributed by atoms with Crippen LogP contribution < -0.4 is 14.4 Å². The molecule has 1 aliphatic rings. The molecule has 0 bridgehead atoms.